The molecule has 1 aromatic carbocycles. The second kappa shape index (κ2) is 6.05. The Hall–Kier alpha value is -1.82. The maximum Gasteiger partial charge on any atom is 0.150 e. The number of hydrogen-bond acceptors (Lipinski definition) is 3. The Kier molecular flexibility index (Phi) is 4.71. The first kappa shape index (κ1) is 13.2. The highest BCUT2D eigenvalue weighted by molar-refractivity contribution is 5.78. The predicted octanol–water partition coefficient (Wildman–Crippen LogP) is 2.85. The number of carbonyl (C=O) groups excluding carboxylic acids is 1. The van der Waals surface area contributed by atoms with Crippen LogP contribution in [0.5, 0.6) is 0 Å². The smallest absolute Gasteiger partial charge is 0.150 e. The zero-order chi connectivity index (χ0) is 12.8. The fourth-order valence-electron chi connectivity index (χ4n) is 1.74. The van der Waals surface area contributed by atoms with Crippen LogP contribution in [0.2, 0.25) is 0 Å². The zero-order valence-electron chi connectivity index (χ0n) is 10.6. The number of aldehydes is 1. The minimum absolute atomic E-state index is 0.544. The summed E-state index contributed by atoms with van der Waals surface area (Å²) in [7, 11) is 1.98. The molecule has 0 aliphatic carbocycles. The van der Waals surface area contributed by atoms with Crippen molar-refractivity contribution in [3.63, 3.8) is 0 Å². The topological polar surface area (TPSA) is 44.1 Å². The Balaban J connectivity index is 2.97. The summed E-state index contributed by atoms with van der Waals surface area (Å²) < 4.78 is 0. The van der Waals surface area contributed by atoms with Crippen LogP contribution in [-0.4, -0.2) is 19.9 Å². The van der Waals surface area contributed by atoms with E-state index in [-0.39, 0.29) is 0 Å². The number of benzene rings is 1. The average molecular weight is 230 g/mol. The third-order valence-electron chi connectivity index (χ3n) is 2.97. The molecule has 0 amide bonds. The maximum atomic E-state index is 10.7. The van der Waals surface area contributed by atoms with E-state index >= 15 is 0 Å². The van der Waals surface area contributed by atoms with E-state index in [0.717, 1.165) is 24.9 Å². The molecule has 0 aliphatic rings. The summed E-state index contributed by atoms with van der Waals surface area (Å²) in [4.78, 5) is 12.7. The summed E-state index contributed by atoms with van der Waals surface area (Å²) >= 11 is 0. The van der Waals surface area contributed by atoms with Crippen LogP contribution in [-0.2, 0) is 0 Å². The molecule has 0 N–H and O–H groups in total. The highest BCUT2D eigenvalue weighted by atomic mass is 16.1. The SMILES string of the molecule is CCC(C)CN(C)c1ccc(C=O)cc1C#N. The molecule has 0 radical (unpaired) electrons. The minimum atomic E-state index is 0.544. The van der Waals surface area contributed by atoms with Crippen molar-refractivity contribution in [2.75, 3.05) is 18.5 Å². The molecule has 0 aliphatic heterocycles. The molecule has 0 saturated carbocycles. The first-order valence-electron chi connectivity index (χ1n) is 5.82. The van der Waals surface area contributed by atoms with Gasteiger partial charge in [-0.1, -0.05) is 20.3 Å². The molecule has 3 heteroatoms. The Bertz CT molecular complexity index is 434. The summed E-state index contributed by atoms with van der Waals surface area (Å²) in [6, 6.07) is 7.36. The van der Waals surface area contributed by atoms with Crippen LogP contribution in [0.15, 0.2) is 18.2 Å². The molecule has 0 bridgehead atoms. The molecule has 17 heavy (non-hydrogen) atoms. The zero-order valence-corrected chi connectivity index (χ0v) is 10.6. The molecule has 1 atom stereocenters. The lowest BCUT2D eigenvalue weighted by Crippen LogP contribution is -2.24. The van der Waals surface area contributed by atoms with Gasteiger partial charge in [0.1, 0.15) is 12.4 Å². The van der Waals surface area contributed by atoms with Gasteiger partial charge in [0, 0.05) is 19.2 Å². The molecule has 1 rings (SSSR count). The van der Waals surface area contributed by atoms with Crippen molar-refractivity contribution in [1.82, 2.24) is 0 Å². The van der Waals surface area contributed by atoms with Crippen LogP contribution in [0.4, 0.5) is 5.69 Å². The summed E-state index contributed by atoms with van der Waals surface area (Å²) in [5.41, 5.74) is 1.99. The molecule has 0 fully saturated rings. The molecule has 0 heterocycles. The first-order valence-corrected chi connectivity index (χ1v) is 5.82. The van der Waals surface area contributed by atoms with E-state index < -0.39 is 0 Å². The van der Waals surface area contributed by atoms with Gasteiger partial charge in [0.05, 0.1) is 11.3 Å². The Morgan fingerprint density at radius 1 is 1.53 bits per heavy atom. The molecular formula is C14H18N2O. The molecule has 0 spiro atoms. The van der Waals surface area contributed by atoms with E-state index in [1.165, 1.54) is 0 Å². The van der Waals surface area contributed by atoms with Crippen molar-refractivity contribution in [1.29, 1.82) is 5.26 Å². The van der Waals surface area contributed by atoms with Crippen molar-refractivity contribution in [3.05, 3.63) is 29.3 Å². The van der Waals surface area contributed by atoms with Gasteiger partial charge in [-0.15, -0.1) is 0 Å². The average Bonchev–Trinajstić information content (AvgIpc) is 2.37. The van der Waals surface area contributed by atoms with Gasteiger partial charge in [-0.2, -0.15) is 5.26 Å². The van der Waals surface area contributed by atoms with Gasteiger partial charge in [-0.05, 0) is 24.1 Å². The maximum absolute atomic E-state index is 10.7. The number of carbonyl (C=O) groups is 1. The van der Waals surface area contributed by atoms with Gasteiger partial charge in [-0.3, -0.25) is 4.79 Å². The van der Waals surface area contributed by atoms with Crippen molar-refractivity contribution < 1.29 is 4.79 Å². The van der Waals surface area contributed by atoms with Crippen LogP contribution < -0.4 is 4.90 Å². The first-order chi connectivity index (χ1) is 8.12. The van der Waals surface area contributed by atoms with Gasteiger partial charge in [0.2, 0.25) is 0 Å². The number of anilines is 1. The third kappa shape index (κ3) is 3.32. The van der Waals surface area contributed by atoms with Crippen LogP contribution in [0.1, 0.15) is 36.2 Å². The van der Waals surface area contributed by atoms with Crippen molar-refractivity contribution in [3.8, 4) is 6.07 Å². The highest BCUT2D eigenvalue weighted by Crippen LogP contribution is 2.21. The fraction of sp³-hybridized carbons (Fsp3) is 0.429. The number of hydrogen-bond donors (Lipinski definition) is 0. The summed E-state index contributed by atoms with van der Waals surface area (Å²) in [6.07, 6.45) is 1.87. The Labute approximate surface area is 103 Å². The van der Waals surface area contributed by atoms with E-state index in [9.17, 15) is 4.79 Å². The summed E-state index contributed by atoms with van der Waals surface area (Å²) in [5, 5.41) is 9.09. The number of rotatable bonds is 5. The lowest BCUT2D eigenvalue weighted by atomic mass is 10.1. The number of nitriles is 1. The van der Waals surface area contributed by atoms with E-state index in [2.05, 4.69) is 24.8 Å². The van der Waals surface area contributed by atoms with Gasteiger partial charge in [0.25, 0.3) is 0 Å². The van der Waals surface area contributed by atoms with E-state index in [1.54, 1.807) is 12.1 Å². The van der Waals surface area contributed by atoms with Crippen molar-refractivity contribution in [2.24, 2.45) is 5.92 Å². The molecular weight excluding hydrogens is 212 g/mol. The van der Waals surface area contributed by atoms with Crippen LogP contribution in [0.25, 0.3) is 0 Å². The second-order valence-electron chi connectivity index (χ2n) is 4.40. The Morgan fingerprint density at radius 3 is 2.76 bits per heavy atom. The molecule has 3 nitrogen and oxygen atoms in total. The fourth-order valence-corrected chi connectivity index (χ4v) is 1.74. The van der Waals surface area contributed by atoms with E-state index in [4.69, 9.17) is 5.26 Å². The summed E-state index contributed by atoms with van der Waals surface area (Å²) in [5.74, 6) is 0.581. The van der Waals surface area contributed by atoms with Gasteiger partial charge < -0.3 is 4.90 Å². The molecule has 1 aromatic rings. The van der Waals surface area contributed by atoms with Gasteiger partial charge >= 0.3 is 0 Å². The Morgan fingerprint density at radius 2 is 2.24 bits per heavy atom. The standard InChI is InChI=1S/C14H18N2O/c1-4-11(2)9-16(3)14-6-5-12(10-17)7-13(14)8-15/h5-7,10-11H,4,9H2,1-3H3. The van der Waals surface area contributed by atoms with E-state index in [0.29, 0.717) is 17.0 Å². The van der Waals surface area contributed by atoms with Crippen LogP contribution in [0.3, 0.4) is 0 Å². The van der Waals surface area contributed by atoms with Crippen molar-refractivity contribution >= 4 is 12.0 Å². The third-order valence-corrected chi connectivity index (χ3v) is 2.97. The second-order valence-corrected chi connectivity index (χ2v) is 4.40. The monoisotopic (exact) mass is 230 g/mol. The summed E-state index contributed by atoms with van der Waals surface area (Å²) in [6.45, 7) is 5.24. The largest absolute Gasteiger partial charge is 0.373 e. The van der Waals surface area contributed by atoms with Crippen molar-refractivity contribution in [2.45, 2.75) is 20.3 Å². The predicted molar refractivity (Wildman–Crippen MR) is 69.3 cm³/mol. The van der Waals surface area contributed by atoms with Gasteiger partial charge in [-0.25, -0.2) is 0 Å². The lowest BCUT2D eigenvalue weighted by Gasteiger charge is -2.23. The quantitative estimate of drug-likeness (QED) is 0.730. The minimum Gasteiger partial charge on any atom is -0.373 e. The molecule has 0 aromatic heterocycles. The molecule has 1 unspecified atom stereocenters. The van der Waals surface area contributed by atoms with Gasteiger partial charge in [0.15, 0.2) is 0 Å². The van der Waals surface area contributed by atoms with E-state index in [1.807, 2.05) is 13.1 Å². The normalized spacial score (nSPS) is 11.6. The van der Waals surface area contributed by atoms with Crippen LogP contribution >= 0.6 is 0 Å². The lowest BCUT2D eigenvalue weighted by molar-refractivity contribution is 0.112. The van der Waals surface area contributed by atoms with Crippen LogP contribution in [0, 0.1) is 17.2 Å². The molecule has 0 saturated heterocycles. The molecule has 90 valence electrons. The highest BCUT2D eigenvalue weighted by Gasteiger charge is 2.10. The number of nitrogens with zero attached hydrogens (tertiary/aromatic N) is 2.